The van der Waals surface area contributed by atoms with Crippen LogP contribution in [0.2, 0.25) is 0 Å². The first-order valence-electron chi connectivity index (χ1n) is 18.8. The van der Waals surface area contributed by atoms with E-state index in [9.17, 15) is 10.2 Å². The summed E-state index contributed by atoms with van der Waals surface area (Å²) in [5.41, 5.74) is 1.07. The number of nitrogens with zero attached hydrogens (tertiary/aromatic N) is 2. The molecule has 0 radical (unpaired) electrons. The molecule has 8 nitrogen and oxygen atoms in total. The third-order valence-corrected chi connectivity index (χ3v) is 8.03. The minimum atomic E-state index is 0.0789. The highest BCUT2D eigenvalue weighted by atomic mass is 16.5. The minimum absolute atomic E-state index is 0.0789. The molecule has 2 N–H and O–H groups in total. The van der Waals surface area contributed by atoms with Crippen molar-refractivity contribution in [3.8, 4) is 34.5 Å². The molecule has 0 aliphatic carbocycles. The molecular formula is C40H64N2O6. The van der Waals surface area contributed by atoms with Gasteiger partial charge in [0.25, 0.3) is 0 Å². The number of phenols is 2. The summed E-state index contributed by atoms with van der Waals surface area (Å²) in [5.74, 6) is 2.50. The van der Waals surface area contributed by atoms with E-state index in [1.807, 2.05) is 12.1 Å². The molecule has 0 spiro atoms. The van der Waals surface area contributed by atoms with Crippen LogP contribution in [0.25, 0.3) is 0 Å². The molecule has 2 rings (SSSR count). The van der Waals surface area contributed by atoms with Crippen LogP contribution in [-0.4, -0.2) is 62.2 Å². The number of benzene rings is 2. The van der Waals surface area contributed by atoms with Gasteiger partial charge in [0.15, 0.2) is 0 Å². The predicted octanol–water partition coefficient (Wildman–Crippen LogP) is 10.5. The molecule has 0 saturated heterocycles. The lowest BCUT2D eigenvalue weighted by atomic mass is 10.1. The Bertz CT molecular complexity index is 1090. The molecule has 8 heteroatoms. The van der Waals surface area contributed by atoms with E-state index in [4.69, 9.17) is 18.9 Å². The summed E-state index contributed by atoms with van der Waals surface area (Å²) in [6.07, 6.45) is 21.0. The summed E-state index contributed by atoms with van der Waals surface area (Å²) in [6.45, 7) is 11.9. The Morgan fingerprint density at radius 2 is 0.792 bits per heavy atom. The van der Waals surface area contributed by atoms with E-state index in [0.717, 1.165) is 64.2 Å². The molecule has 0 unspecified atom stereocenters. The van der Waals surface area contributed by atoms with E-state index < -0.39 is 0 Å². The second-order valence-electron chi connectivity index (χ2n) is 12.4. The Kier molecular flexibility index (Phi) is 22.5. The van der Waals surface area contributed by atoms with Crippen LogP contribution in [0.15, 0.2) is 34.3 Å². The van der Waals surface area contributed by atoms with Gasteiger partial charge in [-0.2, -0.15) is 0 Å². The van der Waals surface area contributed by atoms with E-state index >= 15 is 0 Å². The second-order valence-corrected chi connectivity index (χ2v) is 12.4. The van der Waals surface area contributed by atoms with Gasteiger partial charge in [-0.1, -0.05) is 105 Å². The van der Waals surface area contributed by atoms with Crippen molar-refractivity contribution in [3.05, 3.63) is 35.4 Å². The molecule has 2 aromatic carbocycles. The summed E-state index contributed by atoms with van der Waals surface area (Å²) in [6, 6.07) is 6.97. The standard InChI is InChI=1S/C40H64N2O6/c1-5-9-13-17-23-45-33-27-37(43)35(39(29-33)47-25-19-15-11-7-3)31-41-21-22-42-32-36-38(44)28-34(46-24-18-14-10-6-2)30-40(36)48-26-20-16-12-8-4/h27-32,43-44H,5-26H2,1-4H3. The number of rotatable bonds is 29. The van der Waals surface area contributed by atoms with Crippen LogP contribution in [0.5, 0.6) is 34.5 Å². The molecule has 0 aromatic heterocycles. The van der Waals surface area contributed by atoms with E-state index in [1.165, 1.54) is 38.5 Å². The van der Waals surface area contributed by atoms with E-state index in [1.54, 1.807) is 24.6 Å². The fourth-order valence-corrected chi connectivity index (χ4v) is 5.13. The first-order chi connectivity index (χ1) is 23.5. The first-order valence-corrected chi connectivity index (χ1v) is 18.8. The molecular weight excluding hydrogens is 604 g/mol. The summed E-state index contributed by atoms with van der Waals surface area (Å²) in [4.78, 5) is 9.07. The Labute approximate surface area is 291 Å². The maximum absolute atomic E-state index is 10.9. The number of hydrogen-bond donors (Lipinski definition) is 2. The second kappa shape index (κ2) is 26.5. The molecule has 0 heterocycles. The number of aromatic hydroxyl groups is 2. The number of hydrogen-bond acceptors (Lipinski definition) is 8. The fourth-order valence-electron chi connectivity index (χ4n) is 5.13. The van der Waals surface area contributed by atoms with E-state index in [2.05, 4.69) is 37.7 Å². The highest BCUT2D eigenvalue weighted by Gasteiger charge is 2.13. The minimum Gasteiger partial charge on any atom is -0.507 e. The van der Waals surface area contributed by atoms with Crippen molar-refractivity contribution >= 4 is 12.4 Å². The van der Waals surface area contributed by atoms with Crippen LogP contribution >= 0.6 is 0 Å². The molecule has 0 amide bonds. The predicted molar refractivity (Wildman–Crippen MR) is 200 cm³/mol. The molecule has 0 atom stereocenters. The third kappa shape index (κ3) is 17.1. The van der Waals surface area contributed by atoms with Gasteiger partial charge in [-0.25, -0.2) is 0 Å². The summed E-state index contributed by atoms with van der Waals surface area (Å²) >= 11 is 0. The van der Waals surface area contributed by atoms with Gasteiger partial charge in [0.05, 0.1) is 50.6 Å². The molecule has 48 heavy (non-hydrogen) atoms. The highest BCUT2D eigenvalue weighted by Crippen LogP contribution is 2.34. The molecule has 0 saturated carbocycles. The van der Waals surface area contributed by atoms with Crippen molar-refractivity contribution in [1.29, 1.82) is 0 Å². The van der Waals surface area contributed by atoms with Gasteiger partial charge in [-0.05, 0) is 25.7 Å². The van der Waals surface area contributed by atoms with Gasteiger partial charge < -0.3 is 29.2 Å². The number of phenolic OH excluding ortho intramolecular Hbond substituents is 2. The smallest absolute Gasteiger partial charge is 0.135 e. The topological polar surface area (TPSA) is 102 Å². The zero-order chi connectivity index (χ0) is 34.7. The molecule has 270 valence electrons. The van der Waals surface area contributed by atoms with E-state index in [-0.39, 0.29) is 11.5 Å². The van der Waals surface area contributed by atoms with E-state index in [0.29, 0.717) is 73.6 Å². The van der Waals surface area contributed by atoms with Crippen molar-refractivity contribution in [2.24, 2.45) is 9.98 Å². The van der Waals surface area contributed by atoms with Gasteiger partial charge in [-0.3, -0.25) is 9.98 Å². The fraction of sp³-hybridized carbons (Fsp3) is 0.650. The van der Waals surface area contributed by atoms with Crippen molar-refractivity contribution in [2.45, 2.75) is 130 Å². The molecule has 0 aliphatic rings. The number of ether oxygens (including phenoxy) is 4. The average molecular weight is 669 g/mol. The van der Waals surface area contributed by atoms with Crippen LogP contribution in [0.1, 0.15) is 142 Å². The van der Waals surface area contributed by atoms with Crippen molar-refractivity contribution < 1.29 is 29.2 Å². The first kappa shape index (κ1) is 40.8. The van der Waals surface area contributed by atoms with Crippen LogP contribution < -0.4 is 18.9 Å². The zero-order valence-corrected chi connectivity index (χ0v) is 30.4. The lowest BCUT2D eigenvalue weighted by molar-refractivity contribution is 0.287. The average Bonchev–Trinajstić information content (AvgIpc) is 3.07. The van der Waals surface area contributed by atoms with Crippen LogP contribution in [0.3, 0.4) is 0 Å². The highest BCUT2D eigenvalue weighted by molar-refractivity contribution is 5.88. The molecule has 0 bridgehead atoms. The van der Waals surface area contributed by atoms with Crippen LogP contribution in [0, 0.1) is 0 Å². The number of unbranched alkanes of at least 4 members (excludes halogenated alkanes) is 12. The van der Waals surface area contributed by atoms with Gasteiger partial charge in [0, 0.05) is 36.7 Å². The summed E-state index contributed by atoms with van der Waals surface area (Å²) in [5, 5.41) is 21.7. The van der Waals surface area contributed by atoms with Gasteiger partial charge in [0.2, 0.25) is 0 Å². The lowest BCUT2D eigenvalue weighted by Gasteiger charge is -2.14. The van der Waals surface area contributed by atoms with Crippen molar-refractivity contribution in [3.63, 3.8) is 0 Å². The summed E-state index contributed by atoms with van der Waals surface area (Å²) in [7, 11) is 0. The molecule has 0 fully saturated rings. The Balaban J connectivity index is 2.07. The maximum Gasteiger partial charge on any atom is 0.135 e. The SMILES string of the molecule is CCCCCCOc1cc(O)c(C=NCCN=Cc2c(O)cc(OCCCCCC)cc2OCCCCCC)c(OCCCCCC)c1. The Hall–Kier alpha value is -3.42. The third-order valence-electron chi connectivity index (χ3n) is 8.03. The van der Waals surface area contributed by atoms with Gasteiger partial charge >= 0.3 is 0 Å². The lowest BCUT2D eigenvalue weighted by Crippen LogP contribution is -2.03. The quantitative estimate of drug-likeness (QED) is 0.0661. The van der Waals surface area contributed by atoms with Crippen LogP contribution in [-0.2, 0) is 0 Å². The number of aliphatic imine (C=N–C) groups is 2. The molecule has 2 aromatic rings. The largest absolute Gasteiger partial charge is 0.507 e. The van der Waals surface area contributed by atoms with Crippen molar-refractivity contribution in [1.82, 2.24) is 0 Å². The summed E-state index contributed by atoms with van der Waals surface area (Å²) < 4.78 is 24.1. The van der Waals surface area contributed by atoms with Crippen molar-refractivity contribution in [2.75, 3.05) is 39.5 Å². The van der Waals surface area contributed by atoms with Gasteiger partial charge in [-0.15, -0.1) is 0 Å². The normalized spacial score (nSPS) is 11.5. The molecule has 0 aliphatic heterocycles. The Morgan fingerprint density at radius 1 is 0.458 bits per heavy atom. The van der Waals surface area contributed by atoms with Gasteiger partial charge in [0.1, 0.15) is 34.5 Å². The monoisotopic (exact) mass is 668 g/mol. The zero-order valence-electron chi connectivity index (χ0n) is 30.4. The van der Waals surface area contributed by atoms with Crippen LogP contribution in [0.4, 0.5) is 0 Å². The Morgan fingerprint density at radius 3 is 1.12 bits per heavy atom. The maximum atomic E-state index is 10.9.